The van der Waals surface area contributed by atoms with Gasteiger partial charge in [0.15, 0.2) is 5.65 Å². The SMILES string of the molecule is CN1C(=O)c2cccc(OC(F)F)c2C2CC1c1nn3ccc(-c4cnc(C5(N)CC(C)(O)C5)nc4)nc3c12. The summed E-state index contributed by atoms with van der Waals surface area (Å²) in [6, 6.07) is 6.11. The Labute approximate surface area is 221 Å². The Hall–Kier alpha value is -4.03. The Morgan fingerprint density at radius 3 is 2.62 bits per heavy atom. The molecule has 1 aliphatic heterocycles. The number of rotatable bonds is 4. The zero-order chi connectivity index (χ0) is 27.3. The minimum Gasteiger partial charge on any atom is -0.434 e. The molecule has 0 saturated heterocycles. The van der Waals surface area contributed by atoms with Crippen LogP contribution in [-0.4, -0.2) is 59.7 Å². The van der Waals surface area contributed by atoms with Gasteiger partial charge in [0.2, 0.25) is 0 Å². The van der Waals surface area contributed by atoms with Gasteiger partial charge >= 0.3 is 6.61 Å². The van der Waals surface area contributed by atoms with Crippen molar-refractivity contribution >= 4 is 11.6 Å². The van der Waals surface area contributed by atoms with Gasteiger partial charge in [-0.2, -0.15) is 13.9 Å². The van der Waals surface area contributed by atoms with E-state index >= 15 is 0 Å². The molecular weight excluding hydrogens is 508 g/mol. The highest BCUT2D eigenvalue weighted by molar-refractivity contribution is 5.98. The molecule has 1 amide bonds. The lowest BCUT2D eigenvalue weighted by atomic mass is 9.66. The lowest BCUT2D eigenvalue weighted by Gasteiger charge is -2.48. The molecule has 0 spiro atoms. The fourth-order valence-electron chi connectivity index (χ4n) is 6.56. The lowest BCUT2D eigenvalue weighted by molar-refractivity contribution is -0.0769. The molecule has 2 bridgehead atoms. The van der Waals surface area contributed by atoms with E-state index in [1.54, 1.807) is 60.2 Å². The van der Waals surface area contributed by atoms with Gasteiger partial charge in [-0.3, -0.25) is 4.79 Å². The summed E-state index contributed by atoms with van der Waals surface area (Å²) < 4.78 is 33.2. The number of aromatic nitrogens is 5. The summed E-state index contributed by atoms with van der Waals surface area (Å²) in [6.07, 6.45) is 6.32. The van der Waals surface area contributed by atoms with Crippen molar-refractivity contribution in [2.45, 2.75) is 55.9 Å². The van der Waals surface area contributed by atoms with Gasteiger partial charge in [0.05, 0.1) is 28.6 Å². The number of hydrogen-bond donors (Lipinski definition) is 2. The Kier molecular flexibility index (Phi) is 4.93. The van der Waals surface area contributed by atoms with Gasteiger partial charge in [-0.05, 0) is 31.5 Å². The number of carbonyl (C=O) groups is 1. The Morgan fingerprint density at radius 2 is 1.92 bits per heavy atom. The third-order valence-corrected chi connectivity index (χ3v) is 8.11. The predicted molar refractivity (Wildman–Crippen MR) is 134 cm³/mol. The molecule has 3 aromatic heterocycles. The van der Waals surface area contributed by atoms with E-state index in [0.717, 1.165) is 5.56 Å². The number of amides is 1. The van der Waals surface area contributed by atoms with Crippen LogP contribution < -0.4 is 10.5 Å². The average Bonchev–Trinajstić information content (AvgIpc) is 3.40. The maximum Gasteiger partial charge on any atom is 0.387 e. The van der Waals surface area contributed by atoms with Crippen molar-refractivity contribution in [2.75, 3.05) is 7.05 Å². The van der Waals surface area contributed by atoms with Crippen LogP contribution in [-0.2, 0) is 5.54 Å². The average molecular weight is 534 g/mol. The molecule has 3 N–H and O–H groups in total. The van der Waals surface area contributed by atoms with Gasteiger partial charge in [0.1, 0.15) is 11.6 Å². The summed E-state index contributed by atoms with van der Waals surface area (Å²) in [5.41, 5.74) is 8.84. The van der Waals surface area contributed by atoms with Crippen molar-refractivity contribution in [1.29, 1.82) is 0 Å². The zero-order valence-corrected chi connectivity index (χ0v) is 21.2. The molecule has 3 aliphatic rings. The van der Waals surface area contributed by atoms with E-state index in [-0.39, 0.29) is 17.7 Å². The molecule has 4 aromatic rings. The summed E-state index contributed by atoms with van der Waals surface area (Å²) in [7, 11) is 1.70. The summed E-state index contributed by atoms with van der Waals surface area (Å²) in [5, 5.41) is 14.9. The molecule has 2 aliphatic carbocycles. The first-order valence-corrected chi connectivity index (χ1v) is 12.6. The van der Waals surface area contributed by atoms with Gasteiger partial charge < -0.3 is 20.5 Å². The van der Waals surface area contributed by atoms with Crippen molar-refractivity contribution in [3.63, 3.8) is 0 Å². The predicted octanol–water partition coefficient (Wildman–Crippen LogP) is 3.15. The largest absolute Gasteiger partial charge is 0.434 e. The second kappa shape index (κ2) is 7.99. The Bertz CT molecular complexity index is 1650. The molecule has 1 fully saturated rings. The monoisotopic (exact) mass is 533 g/mol. The summed E-state index contributed by atoms with van der Waals surface area (Å²) in [5.74, 6) is -0.236. The second-order valence-electron chi connectivity index (χ2n) is 11.0. The number of alkyl halides is 2. The Balaban J connectivity index is 1.33. The van der Waals surface area contributed by atoms with Crippen molar-refractivity contribution in [3.05, 3.63) is 71.1 Å². The number of halogens is 2. The number of nitrogens with zero attached hydrogens (tertiary/aromatic N) is 6. The summed E-state index contributed by atoms with van der Waals surface area (Å²) in [4.78, 5) is 28.7. The maximum absolute atomic E-state index is 13.3. The maximum atomic E-state index is 13.3. The third kappa shape index (κ3) is 3.54. The van der Waals surface area contributed by atoms with E-state index < -0.39 is 23.7 Å². The van der Waals surface area contributed by atoms with Crippen LogP contribution in [0.2, 0.25) is 0 Å². The molecule has 4 heterocycles. The molecule has 2 unspecified atom stereocenters. The lowest BCUT2D eigenvalue weighted by Crippen LogP contribution is -2.59. The fourth-order valence-corrected chi connectivity index (χ4v) is 6.56. The quantitative estimate of drug-likeness (QED) is 0.409. The molecular formula is C27H25F2N7O3. The van der Waals surface area contributed by atoms with Gasteiger partial charge in [0.25, 0.3) is 5.91 Å². The summed E-state index contributed by atoms with van der Waals surface area (Å²) in [6.45, 7) is -1.29. The van der Waals surface area contributed by atoms with E-state index in [2.05, 4.69) is 9.97 Å². The van der Waals surface area contributed by atoms with Gasteiger partial charge in [0, 0.05) is 66.7 Å². The van der Waals surface area contributed by atoms with Crippen LogP contribution in [0.4, 0.5) is 8.78 Å². The highest BCUT2D eigenvalue weighted by atomic mass is 19.3. The Morgan fingerprint density at radius 1 is 1.18 bits per heavy atom. The zero-order valence-electron chi connectivity index (χ0n) is 21.2. The smallest absolute Gasteiger partial charge is 0.387 e. The topological polar surface area (TPSA) is 132 Å². The minimum atomic E-state index is -3.03. The first kappa shape index (κ1) is 24.0. The molecule has 2 atom stereocenters. The van der Waals surface area contributed by atoms with Crippen molar-refractivity contribution in [2.24, 2.45) is 5.73 Å². The molecule has 1 saturated carbocycles. The number of benzene rings is 1. The van der Waals surface area contributed by atoms with E-state index in [1.807, 2.05) is 0 Å². The van der Waals surface area contributed by atoms with E-state index in [9.17, 15) is 18.7 Å². The fraction of sp³-hybridized carbons (Fsp3) is 0.370. The normalized spacial score (nSPS) is 27.4. The van der Waals surface area contributed by atoms with Crippen LogP contribution in [0.5, 0.6) is 5.75 Å². The second-order valence-corrected chi connectivity index (χ2v) is 11.0. The number of hydrogen-bond acceptors (Lipinski definition) is 8. The first-order chi connectivity index (χ1) is 18.5. The number of fused-ring (bicyclic) bond motifs is 9. The first-order valence-electron chi connectivity index (χ1n) is 12.6. The van der Waals surface area contributed by atoms with Crippen LogP contribution in [0.25, 0.3) is 16.9 Å². The van der Waals surface area contributed by atoms with E-state index in [4.69, 9.17) is 20.6 Å². The van der Waals surface area contributed by atoms with Gasteiger partial charge in [-0.15, -0.1) is 0 Å². The van der Waals surface area contributed by atoms with Gasteiger partial charge in [-0.25, -0.2) is 19.5 Å². The number of aliphatic hydroxyl groups is 1. The highest BCUT2D eigenvalue weighted by Gasteiger charge is 2.51. The number of ether oxygens (including phenoxy) is 1. The molecule has 12 heteroatoms. The number of carbonyl (C=O) groups excluding carboxylic acids is 1. The van der Waals surface area contributed by atoms with Crippen LogP contribution >= 0.6 is 0 Å². The van der Waals surface area contributed by atoms with E-state index in [1.165, 1.54) is 6.07 Å². The molecule has 0 radical (unpaired) electrons. The van der Waals surface area contributed by atoms with Crippen molar-refractivity contribution in [1.82, 2.24) is 29.5 Å². The van der Waals surface area contributed by atoms with Crippen LogP contribution in [0.15, 0.2) is 42.9 Å². The third-order valence-electron chi connectivity index (χ3n) is 8.11. The van der Waals surface area contributed by atoms with Crippen LogP contribution in [0, 0.1) is 0 Å². The molecule has 10 nitrogen and oxygen atoms in total. The van der Waals surface area contributed by atoms with Gasteiger partial charge in [-0.1, -0.05) is 6.07 Å². The molecule has 1 aromatic carbocycles. The molecule has 39 heavy (non-hydrogen) atoms. The number of nitrogens with two attached hydrogens (primary N) is 1. The van der Waals surface area contributed by atoms with Crippen LogP contribution in [0.3, 0.4) is 0 Å². The van der Waals surface area contributed by atoms with Crippen molar-refractivity contribution in [3.8, 4) is 17.0 Å². The molecule has 200 valence electrons. The molecule has 7 rings (SSSR count). The van der Waals surface area contributed by atoms with E-state index in [0.29, 0.717) is 58.8 Å². The highest BCUT2D eigenvalue weighted by Crippen LogP contribution is 2.53. The summed E-state index contributed by atoms with van der Waals surface area (Å²) >= 11 is 0. The minimum absolute atomic E-state index is 0.0204. The van der Waals surface area contributed by atoms with Crippen LogP contribution in [0.1, 0.15) is 71.1 Å². The standard InChI is InChI=1S/C27H25F2N7O3/c1-26(38)11-27(30,12-26)24-31-9-13(10-32-24)16-6-7-36-22(33-16)20-15-8-17(21(20)34-36)35(2)23(37)14-4-3-5-18(19(14)15)39-25(28)29/h3-7,9-10,15,17,25,38H,8,11-12,30H2,1-2H3. The van der Waals surface area contributed by atoms with Crippen molar-refractivity contribution < 1.29 is 23.4 Å².